The van der Waals surface area contributed by atoms with Gasteiger partial charge in [0.2, 0.25) is 0 Å². The molecule has 16 heavy (non-hydrogen) atoms. The summed E-state index contributed by atoms with van der Waals surface area (Å²) in [6.45, 7) is 3.29. The van der Waals surface area contributed by atoms with Crippen LogP contribution in [0.5, 0.6) is 0 Å². The number of nitrogens with zero attached hydrogens (tertiary/aromatic N) is 4. The maximum absolute atomic E-state index is 8.94. The van der Waals surface area contributed by atoms with Crippen molar-refractivity contribution in [3.8, 4) is 6.07 Å². The van der Waals surface area contributed by atoms with E-state index in [4.69, 9.17) is 5.26 Å². The maximum atomic E-state index is 8.94. The number of hydrogen-bond donors (Lipinski definition) is 0. The van der Waals surface area contributed by atoms with Crippen LogP contribution < -0.4 is 4.90 Å². The summed E-state index contributed by atoms with van der Waals surface area (Å²) in [5.74, 6) is 0.716. The second-order valence-electron chi connectivity index (χ2n) is 4.29. The SMILES string of the molecule is C[C@H]1CCCN1c1ccnc2c1C(C#N)=N2. The van der Waals surface area contributed by atoms with Gasteiger partial charge in [0.15, 0.2) is 11.5 Å². The molecule has 0 bridgehead atoms. The van der Waals surface area contributed by atoms with Gasteiger partial charge in [0.1, 0.15) is 6.07 Å². The van der Waals surface area contributed by atoms with Crippen molar-refractivity contribution in [1.82, 2.24) is 4.98 Å². The molecule has 1 fully saturated rings. The Balaban J connectivity index is 2.05. The summed E-state index contributed by atoms with van der Waals surface area (Å²) in [5.41, 5.74) is 2.59. The minimum atomic E-state index is 0.525. The van der Waals surface area contributed by atoms with Gasteiger partial charge in [-0.1, -0.05) is 0 Å². The topological polar surface area (TPSA) is 52.3 Å². The molecule has 4 heteroatoms. The van der Waals surface area contributed by atoms with E-state index in [9.17, 15) is 0 Å². The van der Waals surface area contributed by atoms with Crippen molar-refractivity contribution >= 4 is 17.2 Å². The van der Waals surface area contributed by atoms with Crippen molar-refractivity contribution in [2.45, 2.75) is 25.8 Å². The fourth-order valence-corrected chi connectivity index (χ4v) is 2.47. The molecule has 3 heterocycles. The molecule has 0 N–H and O–H groups in total. The van der Waals surface area contributed by atoms with Crippen LogP contribution in [-0.2, 0) is 0 Å². The Morgan fingerprint density at radius 1 is 1.56 bits per heavy atom. The summed E-state index contributed by atoms with van der Waals surface area (Å²) in [7, 11) is 0. The number of anilines is 1. The molecule has 80 valence electrons. The summed E-state index contributed by atoms with van der Waals surface area (Å²) in [4.78, 5) is 10.6. The second kappa shape index (κ2) is 3.31. The molecule has 2 aliphatic rings. The van der Waals surface area contributed by atoms with E-state index in [2.05, 4.69) is 27.9 Å². The molecule has 1 saturated heterocycles. The first kappa shape index (κ1) is 9.34. The molecule has 0 saturated carbocycles. The van der Waals surface area contributed by atoms with Crippen LogP contribution in [0.1, 0.15) is 25.3 Å². The molecule has 4 nitrogen and oxygen atoms in total. The van der Waals surface area contributed by atoms with Gasteiger partial charge in [-0.25, -0.2) is 9.98 Å². The molecular formula is C12H12N4. The lowest BCUT2D eigenvalue weighted by atomic mass is 10.0. The van der Waals surface area contributed by atoms with Crippen LogP contribution in [-0.4, -0.2) is 23.3 Å². The van der Waals surface area contributed by atoms with Crippen LogP contribution in [0.25, 0.3) is 0 Å². The Kier molecular flexibility index (Phi) is 1.93. The van der Waals surface area contributed by atoms with Crippen molar-refractivity contribution in [2.24, 2.45) is 4.99 Å². The van der Waals surface area contributed by atoms with Gasteiger partial charge in [-0.15, -0.1) is 0 Å². The third kappa shape index (κ3) is 1.15. The second-order valence-corrected chi connectivity index (χ2v) is 4.29. The summed E-state index contributed by atoms with van der Waals surface area (Å²) in [6.07, 6.45) is 4.21. The highest BCUT2D eigenvalue weighted by Crippen LogP contribution is 2.37. The number of fused-ring (bicyclic) bond motifs is 1. The van der Waals surface area contributed by atoms with E-state index in [1.165, 1.54) is 12.8 Å². The van der Waals surface area contributed by atoms with E-state index < -0.39 is 0 Å². The van der Waals surface area contributed by atoms with Gasteiger partial charge in [0.05, 0.1) is 11.3 Å². The summed E-state index contributed by atoms with van der Waals surface area (Å²) in [6, 6.07) is 4.66. The third-order valence-corrected chi connectivity index (χ3v) is 3.33. The van der Waals surface area contributed by atoms with Crippen LogP contribution >= 0.6 is 0 Å². The van der Waals surface area contributed by atoms with E-state index >= 15 is 0 Å². The first-order valence-corrected chi connectivity index (χ1v) is 5.56. The van der Waals surface area contributed by atoms with Crippen LogP contribution in [0.3, 0.4) is 0 Å². The van der Waals surface area contributed by atoms with Gasteiger partial charge in [-0.2, -0.15) is 5.26 Å². The molecule has 1 atom stereocenters. The predicted octanol–water partition coefficient (Wildman–Crippen LogP) is 2.03. The molecule has 0 aliphatic carbocycles. The monoisotopic (exact) mass is 212 g/mol. The van der Waals surface area contributed by atoms with Crippen molar-refractivity contribution in [1.29, 1.82) is 5.26 Å². The molecule has 3 rings (SSSR count). The van der Waals surface area contributed by atoms with Crippen molar-refractivity contribution in [3.63, 3.8) is 0 Å². The molecule has 0 aromatic carbocycles. The zero-order valence-electron chi connectivity index (χ0n) is 9.14. The van der Waals surface area contributed by atoms with Gasteiger partial charge < -0.3 is 4.90 Å². The third-order valence-electron chi connectivity index (χ3n) is 3.33. The smallest absolute Gasteiger partial charge is 0.165 e. The van der Waals surface area contributed by atoms with Gasteiger partial charge in [0, 0.05) is 18.8 Å². The maximum Gasteiger partial charge on any atom is 0.165 e. The first-order valence-electron chi connectivity index (χ1n) is 5.56. The Bertz CT molecular complexity index is 512. The Morgan fingerprint density at radius 3 is 3.12 bits per heavy atom. The first-order chi connectivity index (χ1) is 7.81. The van der Waals surface area contributed by atoms with Crippen molar-refractivity contribution in [2.75, 3.05) is 11.4 Å². The van der Waals surface area contributed by atoms with Crippen LogP contribution in [0, 0.1) is 11.3 Å². The van der Waals surface area contributed by atoms with Crippen LogP contribution in [0.4, 0.5) is 11.5 Å². The molecule has 0 amide bonds. The van der Waals surface area contributed by atoms with Gasteiger partial charge >= 0.3 is 0 Å². The van der Waals surface area contributed by atoms with E-state index in [0.717, 1.165) is 17.8 Å². The zero-order chi connectivity index (χ0) is 11.1. The van der Waals surface area contributed by atoms with E-state index in [0.29, 0.717) is 17.6 Å². The number of aliphatic imine (C=N–C) groups is 1. The minimum Gasteiger partial charge on any atom is -0.368 e. The van der Waals surface area contributed by atoms with E-state index in [1.807, 2.05) is 6.07 Å². The summed E-state index contributed by atoms with van der Waals surface area (Å²) in [5, 5.41) is 8.94. The Labute approximate surface area is 94.2 Å². The molecule has 1 aromatic rings. The zero-order valence-corrected chi connectivity index (χ0v) is 9.14. The number of nitriles is 1. The number of hydrogen-bond acceptors (Lipinski definition) is 4. The Hall–Kier alpha value is -1.89. The minimum absolute atomic E-state index is 0.525. The number of rotatable bonds is 1. The molecular weight excluding hydrogens is 200 g/mol. The lowest BCUT2D eigenvalue weighted by Gasteiger charge is -2.28. The van der Waals surface area contributed by atoms with Crippen LogP contribution in [0.2, 0.25) is 0 Å². The van der Waals surface area contributed by atoms with Crippen molar-refractivity contribution in [3.05, 3.63) is 17.8 Å². The average molecular weight is 212 g/mol. The average Bonchev–Trinajstić information content (AvgIpc) is 2.66. The molecule has 2 aliphatic heterocycles. The van der Waals surface area contributed by atoms with Gasteiger partial charge in [-0.3, -0.25) is 0 Å². The quantitative estimate of drug-likeness (QED) is 0.715. The molecule has 0 unspecified atom stereocenters. The summed E-state index contributed by atoms with van der Waals surface area (Å²) < 4.78 is 0. The highest BCUT2D eigenvalue weighted by Gasteiger charge is 2.30. The highest BCUT2D eigenvalue weighted by atomic mass is 15.2. The number of aromatic nitrogens is 1. The molecule has 0 spiro atoms. The van der Waals surface area contributed by atoms with Crippen molar-refractivity contribution < 1.29 is 0 Å². The summed E-state index contributed by atoms with van der Waals surface area (Å²) >= 11 is 0. The van der Waals surface area contributed by atoms with E-state index in [1.54, 1.807) is 6.20 Å². The molecule has 0 radical (unpaired) electrons. The van der Waals surface area contributed by atoms with Gasteiger partial charge in [-0.05, 0) is 25.8 Å². The Morgan fingerprint density at radius 2 is 2.44 bits per heavy atom. The van der Waals surface area contributed by atoms with E-state index in [-0.39, 0.29) is 0 Å². The number of pyridine rings is 1. The lowest BCUT2D eigenvalue weighted by Crippen LogP contribution is -2.29. The standard InChI is InChI=1S/C12H12N4/c1-8-3-2-6-16(8)10-4-5-14-12-11(10)9(7-13)15-12/h4-5,8H,2-3,6H2,1H3/t8-/m0/s1. The fourth-order valence-electron chi connectivity index (χ4n) is 2.47. The normalized spacial score (nSPS) is 22.1. The molecule has 1 aromatic heterocycles. The predicted molar refractivity (Wildman–Crippen MR) is 62.1 cm³/mol. The fraction of sp³-hybridized carbons (Fsp3) is 0.417. The van der Waals surface area contributed by atoms with Crippen LogP contribution in [0.15, 0.2) is 17.3 Å². The highest BCUT2D eigenvalue weighted by molar-refractivity contribution is 6.23. The van der Waals surface area contributed by atoms with Gasteiger partial charge in [0.25, 0.3) is 0 Å². The largest absolute Gasteiger partial charge is 0.368 e. The lowest BCUT2D eigenvalue weighted by molar-refractivity contribution is 0.734.